The highest BCUT2D eigenvalue weighted by Gasteiger charge is 1.97. The molecular formula is C10H12N4S. The molecule has 0 aliphatic heterocycles. The molecule has 0 unspecified atom stereocenters. The summed E-state index contributed by atoms with van der Waals surface area (Å²) in [6.07, 6.45) is 1.80. The molecule has 4 nitrogen and oxygen atoms in total. The van der Waals surface area contributed by atoms with E-state index in [0.29, 0.717) is 0 Å². The highest BCUT2D eigenvalue weighted by Crippen LogP contribution is 2.11. The summed E-state index contributed by atoms with van der Waals surface area (Å²) >= 11 is 1.64. The van der Waals surface area contributed by atoms with Crippen molar-refractivity contribution < 1.29 is 0 Å². The third-order valence-corrected chi connectivity index (χ3v) is 2.69. The number of nitrogens with one attached hydrogen (secondary N) is 2. The lowest BCUT2D eigenvalue weighted by Gasteiger charge is -2.05. The fourth-order valence-corrected chi connectivity index (χ4v) is 1.73. The van der Waals surface area contributed by atoms with Crippen LogP contribution in [-0.4, -0.2) is 17.0 Å². The van der Waals surface area contributed by atoms with Gasteiger partial charge in [0.15, 0.2) is 0 Å². The fraction of sp³-hybridized carbons (Fsp3) is 0.200. The van der Waals surface area contributed by atoms with E-state index >= 15 is 0 Å². The van der Waals surface area contributed by atoms with Crippen LogP contribution in [0.15, 0.2) is 29.8 Å². The first kappa shape index (κ1) is 9.92. The molecule has 0 aliphatic carbocycles. The summed E-state index contributed by atoms with van der Waals surface area (Å²) in [4.78, 5) is 8.53. The fourth-order valence-electron chi connectivity index (χ4n) is 1.18. The van der Waals surface area contributed by atoms with Crippen LogP contribution in [0.3, 0.4) is 0 Å². The summed E-state index contributed by atoms with van der Waals surface area (Å²) < 4.78 is 0. The van der Waals surface area contributed by atoms with Crippen LogP contribution >= 0.6 is 11.3 Å². The van der Waals surface area contributed by atoms with Gasteiger partial charge < -0.3 is 10.6 Å². The van der Waals surface area contributed by atoms with Crippen molar-refractivity contribution in [2.45, 2.75) is 6.54 Å². The molecule has 2 N–H and O–H groups in total. The third kappa shape index (κ3) is 2.66. The van der Waals surface area contributed by atoms with Gasteiger partial charge in [0.2, 0.25) is 0 Å². The van der Waals surface area contributed by atoms with Crippen LogP contribution in [0.25, 0.3) is 0 Å². The molecule has 0 aliphatic rings. The number of anilines is 2. The highest BCUT2D eigenvalue weighted by molar-refractivity contribution is 7.09. The van der Waals surface area contributed by atoms with Crippen molar-refractivity contribution in [3.63, 3.8) is 0 Å². The normalized spacial score (nSPS) is 9.93. The number of nitrogens with zero attached hydrogens (tertiary/aromatic N) is 2. The molecule has 2 aromatic heterocycles. The van der Waals surface area contributed by atoms with Gasteiger partial charge in [-0.1, -0.05) is 6.07 Å². The molecule has 0 amide bonds. The Kier molecular flexibility index (Phi) is 3.14. The summed E-state index contributed by atoms with van der Waals surface area (Å²) in [5.41, 5.74) is 0. The minimum atomic E-state index is 0.720. The lowest BCUT2D eigenvalue weighted by atomic mass is 10.4. The van der Waals surface area contributed by atoms with Gasteiger partial charge in [-0.05, 0) is 12.1 Å². The van der Waals surface area contributed by atoms with E-state index in [2.05, 4.69) is 20.6 Å². The van der Waals surface area contributed by atoms with Crippen LogP contribution in [0.5, 0.6) is 0 Å². The topological polar surface area (TPSA) is 49.8 Å². The van der Waals surface area contributed by atoms with Crippen molar-refractivity contribution in [1.82, 2.24) is 9.97 Å². The maximum absolute atomic E-state index is 4.35. The monoisotopic (exact) mass is 220 g/mol. The minimum absolute atomic E-state index is 0.720. The Morgan fingerprint density at radius 2 is 2.20 bits per heavy atom. The average Bonchev–Trinajstić information content (AvgIpc) is 2.79. The van der Waals surface area contributed by atoms with Crippen LogP contribution in [-0.2, 0) is 6.54 Å². The number of aromatic nitrogens is 2. The number of thiazole rings is 1. The van der Waals surface area contributed by atoms with E-state index in [1.807, 2.05) is 30.6 Å². The average molecular weight is 220 g/mol. The summed E-state index contributed by atoms with van der Waals surface area (Å²) in [7, 11) is 1.85. The minimum Gasteiger partial charge on any atom is -0.373 e. The summed E-state index contributed by atoms with van der Waals surface area (Å²) in [5, 5.41) is 9.24. The number of rotatable bonds is 4. The van der Waals surface area contributed by atoms with E-state index in [1.165, 1.54) is 0 Å². The second-order valence-corrected chi connectivity index (χ2v) is 3.92. The van der Waals surface area contributed by atoms with Crippen molar-refractivity contribution >= 4 is 23.0 Å². The summed E-state index contributed by atoms with van der Waals surface area (Å²) in [6.45, 7) is 0.720. The molecule has 0 atom stereocenters. The smallest absolute Gasteiger partial charge is 0.128 e. The van der Waals surface area contributed by atoms with Gasteiger partial charge in [0.1, 0.15) is 16.6 Å². The van der Waals surface area contributed by atoms with E-state index in [4.69, 9.17) is 0 Å². The van der Waals surface area contributed by atoms with Crippen molar-refractivity contribution in [1.29, 1.82) is 0 Å². The quantitative estimate of drug-likeness (QED) is 0.829. The van der Waals surface area contributed by atoms with Crippen molar-refractivity contribution in [2.24, 2.45) is 0 Å². The largest absolute Gasteiger partial charge is 0.373 e. The van der Waals surface area contributed by atoms with Crippen LogP contribution in [0.1, 0.15) is 5.01 Å². The Bertz CT molecular complexity index is 413. The van der Waals surface area contributed by atoms with E-state index in [-0.39, 0.29) is 0 Å². The Morgan fingerprint density at radius 3 is 2.93 bits per heavy atom. The predicted octanol–water partition coefficient (Wildman–Crippen LogP) is 2.19. The van der Waals surface area contributed by atoms with E-state index in [1.54, 1.807) is 17.5 Å². The Labute approximate surface area is 92.4 Å². The van der Waals surface area contributed by atoms with Gasteiger partial charge in [0.05, 0.1) is 6.54 Å². The summed E-state index contributed by atoms with van der Waals surface area (Å²) in [5.74, 6) is 1.72. The van der Waals surface area contributed by atoms with Gasteiger partial charge in [-0.15, -0.1) is 11.3 Å². The molecule has 0 radical (unpaired) electrons. The van der Waals surface area contributed by atoms with Crippen molar-refractivity contribution in [3.8, 4) is 0 Å². The first-order chi connectivity index (χ1) is 7.38. The Balaban J connectivity index is 1.98. The zero-order valence-corrected chi connectivity index (χ0v) is 9.21. The maximum Gasteiger partial charge on any atom is 0.128 e. The molecule has 78 valence electrons. The molecule has 0 spiro atoms. The molecule has 0 aromatic carbocycles. The van der Waals surface area contributed by atoms with Gasteiger partial charge in [0.25, 0.3) is 0 Å². The van der Waals surface area contributed by atoms with Gasteiger partial charge in [-0.3, -0.25) is 0 Å². The third-order valence-electron chi connectivity index (χ3n) is 1.91. The van der Waals surface area contributed by atoms with Crippen molar-refractivity contribution in [3.05, 3.63) is 34.8 Å². The van der Waals surface area contributed by atoms with Crippen LogP contribution in [0, 0.1) is 0 Å². The molecule has 2 rings (SSSR count). The molecule has 0 saturated heterocycles. The van der Waals surface area contributed by atoms with E-state index in [0.717, 1.165) is 23.2 Å². The van der Waals surface area contributed by atoms with Gasteiger partial charge in [-0.2, -0.15) is 0 Å². The van der Waals surface area contributed by atoms with Gasteiger partial charge in [0, 0.05) is 18.6 Å². The lowest BCUT2D eigenvalue weighted by Crippen LogP contribution is -2.02. The van der Waals surface area contributed by atoms with Crippen molar-refractivity contribution in [2.75, 3.05) is 17.7 Å². The van der Waals surface area contributed by atoms with Crippen LogP contribution in [0.2, 0.25) is 0 Å². The number of hydrogen-bond donors (Lipinski definition) is 2. The zero-order chi connectivity index (χ0) is 10.5. The second-order valence-electron chi connectivity index (χ2n) is 2.94. The molecule has 2 aromatic rings. The van der Waals surface area contributed by atoms with Gasteiger partial charge >= 0.3 is 0 Å². The molecule has 2 heterocycles. The van der Waals surface area contributed by atoms with E-state index < -0.39 is 0 Å². The Hall–Kier alpha value is -1.62. The first-order valence-corrected chi connectivity index (χ1v) is 5.53. The zero-order valence-electron chi connectivity index (χ0n) is 8.40. The molecule has 0 saturated carbocycles. The van der Waals surface area contributed by atoms with E-state index in [9.17, 15) is 0 Å². The molecule has 0 fully saturated rings. The molecular weight excluding hydrogens is 208 g/mol. The number of hydrogen-bond acceptors (Lipinski definition) is 5. The SMILES string of the molecule is CNc1cccc(NCc2nccs2)n1. The van der Waals surface area contributed by atoms with Crippen LogP contribution in [0.4, 0.5) is 11.6 Å². The first-order valence-electron chi connectivity index (χ1n) is 4.65. The lowest BCUT2D eigenvalue weighted by molar-refractivity contribution is 1.08. The maximum atomic E-state index is 4.35. The molecule has 15 heavy (non-hydrogen) atoms. The van der Waals surface area contributed by atoms with Crippen LogP contribution < -0.4 is 10.6 Å². The molecule has 5 heteroatoms. The number of pyridine rings is 1. The summed E-state index contributed by atoms with van der Waals surface area (Å²) in [6, 6.07) is 5.83. The highest BCUT2D eigenvalue weighted by atomic mass is 32.1. The Morgan fingerprint density at radius 1 is 1.33 bits per heavy atom. The standard InChI is InChI=1S/C10H12N4S/c1-11-8-3-2-4-9(14-8)13-7-10-12-5-6-15-10/h2-6H,7H2,1H3,(H2,11,13,14). The second kappa shape index (κ2) is 4.75. The molecule has 0 bridgehead atoms. The van der Waals surface area contributed by atoms with Gasteiger partial charge in [-0.25, -0.2) is 9.97 Å². The predicted molar refractivity (Wildman–Crippen MR) is 63.2 cm³/mol.